The highest BCUT2D eigenvalue weighted by Gasteiger charge is 1.82. The molecule has 0 fully saturated rings. The number of unbranched alkanes of at least 4 members (excludes halogenated alkanes) is 3. The van der Waals surface area contributed by atoms with Crippen molar-refractivity contribution in [2.75, 3.05) is 0 Å². The molecule has 68 valence electrons. The molecule has 0 bridgehead atoms. The van der Waals surface area contributed by atoms with Gasteiger partial charge >= 0.3 is 0 Å². The van der Waals surface area contributed by atoms with Crippen molar-refractivity contribution in [1.29, 1.82) is 0 Å². The van der Waals surface area contributed by atoms with Gasteiger partial charge in [-0.2, -0.15) is 0 Å². The predicted octanol–water partition coefficient (Wildman–Crippen LogP) is 3.27. The van der Waals surface area contributed by atoms with Crippen LogP contribution >= 0.6 is 0 Å². The Morgan fingerprint density at radius 3 is 2.67 bits per heavy atom. The van der Waals surface area contributed by atoms with Gasteiger partial charge in [-0.25, -0.2) is 0 Å². The SMILES string of the molecule is CCCCC/C=C/C(C)=C/C=O. The lowest BCUT2D eigenvalue weighted by atomic mass is 10.2. The van der Waals surface area contributed by atoms with Crippen molar-refractivity contribution >= 4 is 6.29 Å². The zero-order chi connectivity index (χ0) is 9.23. The maximum Gasteiger partial charge on any atom is 0.143 e. The molecule has 0 saturated carbocycles. The van der Waals surface area contributed by atoms with Crippen LogP contribution in [0.15, 0.2) is 23.8 Å². The predicted molar refractivity (Wildman–Crippen MR) is 53.1 cm³/mol. The molecule has 0 unspecified atom stereocenters. The van der Waals surface area contributed by atoms with Crippen molar-refractivity contribution in [3.8, 4) is 0 Å². The van der Waals surface area contributed by atoms with Gasteiger partial charge in [0.1, 0.15) is 6.29 Å². The van der Waals surface area contributed by atoms with Gasteiger partial charge in [-0.05, 0) is 31.4 Å². The fraction of sp³-hybridized carbons (Fsp3) is 0.545. The van der Waals surface area contributed by atoms with Crippen LogP contribution in [0.25, 0.3) is 0 Å². The molecule has 0 amide bonds. The minimum Gasteiger partial charge on any atom is -0.299 e. The Balaban J connectivity index is 3.47. The molecule has 0 aromatic rings. The zero-order valence-corrected chi connectivity index (χ0v) is 8.05. The van der Waals surface area contributed by atoms with Crippen LogP contribution in [0.1, 0.15) is 39.5 Å². The lowest BCUT2D eigenvalue weighted by Crippen LogP contribution is -1.73. The van der Waals surface area contributed by atoms with Gasteiger partial charge in [-0.15, -0.1) is 0 Å². The maximum atomic E-state index is 10.0. The minimum atomic E-state index is 0.825. The number of hydrogen-bond acceptors (Lipinski definition) is 1. The quantitative estimate of drug-likeness (QED) is 0.256. The molecule has 0 saturated heterocycles. The van der Waals surface area contributed by atoms with Crippen LogP contribution in [-0.4, -0.2) is 6.29 Å². The van der Waals surface area contributed by atoms with Crippen molar-refractivity contribution in [2.45, 2.75) is 39.5 Å². The molecule has 1 heteroatoms. The van der Waals surface area contributed by atoms with Gasteiger partial charge in [0, 0.05) is 0 Å². The normalized spacial score (nSPS) is 12.3. The van der Waals surface area contributed by atoms with E-state index in [1.165, 1.54) is 19.3 Å². The van der Waals surface area contributed by atoms with Gasteiger partial charge in [-0.3, -0.25) is 4.79 Å². The Labute approximate surface area is 75.2 Å². The molecule has 0 aliphatic heterocycles. The summed E-state index contributed by atoms with van der Waals surface area (Å²) in [5.74, 6) is 0. The Kier molecular flexibility index (Phi) is 7.66. The minimum absolute atomic E-state index is 0.825. The van der Waals surface area contributed by atoms with Gasteiger partial charge in [0.05, 0.1) is 0 Å². The van der Waals surface area contributed by atoms with E-state index >= 15 is 0 Å². The van der Waals surface area contributed by atoms with E-state index in [1.54, 1.807) is 6.08 Å². The average Bonchev–Trinajstić information content (AvgIpc) is 2.05. The maximum absolute atomic E-state index is 10.0. The Bertz CT molecular complexity index is 166. The van der Waals surface area contributed by atoms with Gasteiger partial charge in [0.2, 0.25) is 0 Å². The first kappa shape index (κ1) is 11.2. The Morgan fingerprint density at radius 1 is 1.33 bits per heavy atom. The molecule has 0 aromatic carbocycles. The molecule has 0 atom stereocenters. The smallest absolute Gasteiger partial charge is 0.143 e. The summed E-state index contributed by atoms with van der Waals surface area (Å²) in [6.07, 6.45) is 11.5. The van der Waals surface area contributed by atoms with Crippen molar-refractivity contribution < 1.29 is 4.79 Å². The van der Waals surface area contributed by atoms with Crippen LogP contribution in [0.2, 0.25) is 0 Å². The monoisotopic (exact) mass is 166 g/mol. The second-order valence-corrected chi connectivity index (χ2v) is 2.94. The topological polar surface area (TPSA) is 17.1 Å². The molecule has 12 heavy (non-hydrogen) atoms. The third-order valence-electron chi connectivity index (χ3n) is 1.69. The van der Waals surface area contributed by atoms with Crippen molar-refractivity contribution in [2.24, 2.45) is 0 Å². The summed E-state index contributed by atoms with van der Waals surface area (Å²) in [4.78, 5) is 10.0. The van der Waals surface area contributed by atoms with Crippen LogP contribution in [0.5, 0.6) is 0 Å². The third kappa shape index (κ3) is 7.26. The molecule has 0 aromatic heterocycles. The van der Waals surface area contributed by atoms with Crippen molar-refractivity contribution in [3.63, 3.8) is 0 Å². The largest absolute Gasteiger partial charge is 0.299 e. The lowest BCUT2D eigenvalue weighted by Gasteiger charge is -1.91. The summed E-state index contributed by atoms with van der Waals surface area (Å²) in [6, 6.07) is 0. The van der Waals surface area contributed by atoms with E-state index in [9.17, 15) is 4.79 Å². The molecule has 0 N–H and O–H groups in total. The molecule has 1 nitrogen and oxygen atoms in total. The number of allylic oxidation sites excluding steroid dienone is 4. The van der Waals surface area contributed by atoms with Gasteiger partial charge in [0.25, 0.3) is 0 Å². The van der Waals surface area contributed by atoms with E-state index in [0.717, 1.165) is 18.3 Å². The van der Waals surface area contributed by atoms with Crippen LogP contribution in [0.4, 0.5) is 0 Å². The van der Waals surface area contributed by atoms with E-state index < -0.39 is 0 Å². The summed E-state index contributed by atoms with van der Waals surface area (Å²) >= 11 is 0. The Hall–Kier alpha value is -0.850. The van der Waals surface area contributed by atoms with E-state index in [2.05, 4.69) is 13.0 Å². The van der Waals surface area contributed by atoms with Gasteiger partial charge in [0.15, 0.2) is 0 Å². The number of aldehydes is 1. The van der Waals surface area contributed by atoms with E-state index in [0.29, 0.717) is 0 Å². The fourth-order valence-corrected chi connectivity index (χ4v) is 0.944. The molecular weight excluding hydrogens is 148 g/mol. The zero-order valence-electron chi connectivity index (χ0n) is 8.05. The molecule has 0 spiro atoms. The number of carbonyl (C=O) groups is 1. The summed E-state index contributed by atoms with van der Waals surface area (Å²) in [7, 11) is 0. The van der Waals surface area contributed by atoms with Crippen molar-refractivity contribution in [1.82, 2.24) is 0 Å². The summed E-state index contributed by atoms with van der Waals surface area (Å²) in [6.45, 7) is 4.13. The third-order valence-corrected chi connectivity index (χ3v) is 1.69. The lowest BCUT2D eigenvalue weighted by molar-refractivity contribution is -0.104. The molecule has 0 radical (unpaired) electrons. The number of hydrogen-bond donors (Lipinski definition) is 0. The number of carbonyl (C=O) groups excluding carboxylic acids is 1. The summed E-state index contributed by atoms with van der Waals surface area (Å²) in [5.41, 5.74) is 1.03. The first-order chi connectivity index (χ1) is 5.81. The van der Waals surface area contributed by atoms with Gasteiger partial charge < -0.3 is 0 Å². The molecule has 0 aliphatic rings. The standard InChI is InChI=1S/C11H18O/c1-3-4-5-6-7-8-11(2)9-10-12/h7-10H,3-6H2,1-2H3/b8-7+,11-9+. The summed E-state index contributed by atoms with van der Waals surface area (Å²) in [5, 5.41) is 0. The first-order valence-electron chi connectivity index (χ1n) is 4.60. The average molecular weight is 166 g/mol. The second kappa shape index (κ2) is 8.25. The molecule has 0 heterocycles. The highest BCUT2D eigenvalue weighted by Crippen LogP contribution is 2.01. The number of rotatable bonds is 6. The molecule has 0 rings (SSSR count). The highest BCUT2D eigenvalue weighted by atomic mass is 16.1. The Morgan fingerprint density at radius 2 is 2.08 bits per heavy atom. The van der Waals surface area contributed by atoms with Gasteiger partial charge in [-0.1, -0.05) is 31.9 Å². The second-order valence-electron chi connectivity index (χ2n) is 2.94. The molecule has 0 aliphatic carbocycles. The van der Waals surface area contributed by atoms with E-state index in [-0.39, 0.29) is 0 Å². The van der Waals surface area contributed by atoms with Crippen LogP contribution in [0.3, 0.4) is 0 Å². The van der Waals surface area contributed by atoms with Crippen molar-refractivity contribution in [3.05, 3.63) is 23.8 Å². The first-order valence-corrected chi connectivity index (χ1v) is 4.60. The van der Waals surface area contributed by atoms with Crippen LogP contribution in [-0.2, 0) is 4.79 Å². The van der Waals surface area contributed by atoms with Crippen LogP contribution in [0, 0.1) is 0 Å². The summed E-state index contributed by atoms with van der Waals surface area (Å²) < 4.78 is 0. The molecular formula is C11H18O. The van der Waals surface area contributed by atoms with Crippen LogP contribution < -0.4 is 0 Å². The fourth-order valence-electron chi connectivity index (χ4n) is 0.944. The highest BCUT2D eigenvalue weighted by molar-refractivity contribution is 5.66. The van der Waals surface area contributed by atoms with E-state index in [4.69, 9.17) is 0 Å². The van der Waals surface area contributed by atoms with E-state index in [1.807, 2.05) is 13.0 Å².